The van der Waals surface area contributed by atoms with Gasteiger partial charge in [0.1, 0.15) is 0 Å². The topological polar surface area (TPSA) is 84.7 Å². The molecule has 0 aromatic heterocycles. The zero-order valence-corrected chi connectivity index (χ0v) is 16.3. The number of carbonyl (C=O) groups excluding carboxylic acids is 1. The van der Waals surface area contributed by atoms with Crippen LogP contribution in [0.3, 0.4) is 0 Å². The van der Waals surface area contributed by atoms with Crippen molar-refractivity contribution in [3.63, 3.8) is 0 Å². The predicted molar refractivity (Wildman–Crippen MR) is 105 cm³/mol. The molecule has 1 aliphatic heterocycles. The first-order valence-corrected chi connectivity index (χ1v) is 10.5. The van der Waals surface area contributed by atoms with Crippen LogP contribution in [0.1, 0.15) is 32.1 Å². The number of amides is 1. The van der Waals surface area contributed by atoms with Gasteiger partial charge in [-0.2, -0.15) is 0 Å². The summed E-state index contributed by atoms with van der Waals surface area (Å²) >= 11 is 1.40. The number of non-ortho nitro benzene ring substituents is 1. The quantitative estimate of drug-likeness (QED) is 0.436. The highest BCUT2D eigenvalue weighted by Gasteiger charge is 2.38. The van der Waals surface area contributed by atoms with Crippen LogP contribution >= 0.6 is 11.8 Å². The lowest BCUT2D eigenvalue weighted by atomic mass is 9.79. The van der Waals surface area contributed by atoms with Gasteiger partial charge in [0.05, 0.1) is 23.9 Å². The second kappa shape index (κ2) is 9.52. The molecule has 1 saturated heterocycles. The van der Waals surface area contributed by atoms with E-state index in [0.717, 1.165) is 44.0 Å². The van der Waals surface area contributed by atoms with Crippen LogP contribution in [0.25, 0.3) is 0 Å². The molecule has 1 amide bonds. The Morgan fingerprint density at radius 1 is 1.19 bits per heavy atom. The fourth-order valence-electron chi connectivity index (χ4n) is 3.98. The van der Waals surface area contributed by atoms with E-state index in [9.17, 15) is 14.9 Å². The summed E-state index contributed by atoms with van der Waals surface area (Å²) in [5.41, 5.74) is 0.129. The highest BCUT2D eigenvalue weighted by atomic mass is 32.2. The third-order valence-electron chi connectivity index (χ3n) is 5.50. The Labute approximate surface area is 164 Å². The minimum atomic E-state index is -0.420. The minimum Gasteiger partial charge on any atom is -0.379 e. The molecule has 3 rings (SSSR count). The number of carbonyl (C=O) groups is 1. The number of nitro groups is 1. The number of hydrogen-bond donors (Lipinski definition) is 1. The zero-order valence-electron chi connectivity index (χ0n) is 15.5. The highest BCUT2D eigenvalue weighted by Crippen LogP contribution is 2.34. The number of nitrogens with zero attached hydrogens (tertiary/aromatic N) is 2. The SMILES string of the molecule is O=C(CSc1ccc([N+](=O)[O-])cc1)NCC1(N2CCOCC2)CCCCC1. The van der Waals surface area contributed by atoms with E-state index in [-0.39, 0.29) is 17.1 Å². The van der Waals surface area contributed by atoms with Crippen LogP contribution in [0.5, 0.6) is 0 Å². The molecule has 7 nitrogen and oxygen atoms in total. The van der Waals surface area contributed by atoms with Crippen molar-refractivity contribution in [1.29, 1.82) is 0 Å². The molecule has 8 heteroatoms. The number of nitrogens with one attached hydrogen (secondary N) is 1. The van der Waals surface area contributed by atoms with Crippen LogP contribution in [-0.2, 0) is 9.53 Å². The van der Waals surface area contributed by atoms with Gasteiger partial charge in [-0.3, -0.25) is 19.8 Å². The summed E-state index contributed by atoms with van der Waals surface area (Å²) in [7, 11) is 0. The number of morpholine rings is 1. The molecular formula is C19H27N3O4S. The Bertz CT molecular complexity index is 641. The maximum atomic E-state index is 12.4. The molecule has 27 heavy (non-hydrogen) atoms. The van der Waals surface area contributed by atoms with E-state index in [1.54, 1.807) is 12.1 Å². The van der Waals surface area contributed by atoms with E-state index in [1.165, 1.54) is 43.2 Å². The highest BCUT2D eigenvalue weighted by molar-refractivity contribution is 8.00. The molecule has 1 aromatic rings. The smallest absolute Gasteiger partial charge is 0.269 e. The Hall–Kier alpha value is -1.64. The Morgan fingerprint density at radius 3 is 2.48 bits per heavy atom. The molecule has 0 spiro atoms. The minimum absolute atomic E-state index is 0.0107. The van der Waals surface area contributed by atoms with E-state index >= 15 is 0 Å². The lowest BCUT2D eigenvalue weighted by molar-refractivity contribution is -0.384. The predicted octanol–water partition coefficient (Wildman–Crippen LogP) is 2.84. The van der Waals surface area contributed by atoms with Gasteiger partial charge in [-0.05, 0) is 25.0 Å². The van der Waals surface area contributed by atoms with Crippen LogP contribution < -0.4 is 5.32 Å². The van der Waals surface area contributed by atoms with Crippen molar-refractivity contribution in [3.8, 4) is 0 Å². The van der Waals surface area contributed by atoms with Gasteiger partial charge in [0.25, 0.3) is 5.69 Å². The van der Waals surface area contributed by atoms with Gasteiger partial charge in [-0.15, -0.1) is 11.8 Å². The summed E-state index contributed by atoms with van der Waals surface area (Å²) in [6.45, 7) is 4.10. The lowest BCUT2D eigenvalue weighted by Crippen LogP contribution is -2.59. The number of hydrogen-bond acceptors (Lipinski definition) is 6. The fourth-order valence-corrected chi connectivity index (χ4v) is 4.71. The third kappa shape index (κ3) is 5.43. The summed E-state index contributed by atoms with van der Waals surface area (Å²) in [5, 5.41) is 13.8. The van der Waals surface area contributed by atoms with E-state index < -0.39 is 4.92 Å². The Kier molecular flexibility index (Phi) is 7.09. The van der Waals surface area contributed by atoms with Crippen molar-refractivity contribution in [2.24, 2.45) is 0 Å². The molecule has 2 fully saturated rings. The maximum Gasteiger partial charge on any atom is 0.269 e. The largest absolute Gasteiger partial charge is 0.379 e. The van der Waals surface area contributed by atoms with Crippen molar-refractivity contribution >= 4 is 23.4 Å². The normalized spacial score (nSPS) is 20.1. The lowest BCUT2D eigenvalue weighted by Gasteiger charge is -2.48. The first-order valence-electron chi connectivity index (χ1n) is 9.56. The zero-order chi connectivity index (χ0) is 19.1. The van der Waals surface area contributed by atoms with Gasteiger partial charge >= 0.3 is 0 Å². The van der Waals surface area contributed by atoms with Gasteiger partial charge < -0.3 is 10.1 Å². The number of ether oxygens (including phenoxy) is 1. The molecule has 148 valence electrons. The number of benzene rings is 1. The van der Waals surface area contributed by atoms with Crippen LogP contribution in [-0.4, -0.2) is 59.9 Å². The fraction of sp³-hybridized carbons (Fsp3) is 0.632. The molecule has 1 aliphatic carbocycles. The molecule has 1 saturated carbocycles. The number of rotatable bonds is 7. The van der Waals surface area contributed by atoms with Crippen LogP contribution in [0.15, 0.2) is 29.2 Å². The van der Waals surface area contributed by atoms with Gasteiger partial charge in [0, 0.05) is 42.2 Å². The summed E-state index contributed by atoms with van der Waals surface area (Å²) in [4.78, 5) is 26.0. The molecule has 1 heterocycles. The third-order valence-corrected chi connectivity index (χ3v) is 6.51. The molecule has 1 aromatic carbocycles. The van der Waals surface area contributed by atoms with Crippen molar-refractivity contribution in [3.05, 3.63) is 34.4 Å². The number of thioether (sulfide) groups is 1. The number of nitro benzene ring substituents is 1. The molecule has 0 atom stereocenters. The van der Waals surface area contributed by atoms with Crippen molar-refractivity contribution in [2.75, 3.05) is 38.6 Å². The summed E-state index contributed by atoms with van der Waals surface area (Å²) < 4.78 is 5.50. The summed E-state index contributed by atoms with van der Waals surface area (Å²) in [6, 6.07) is 6.31. The average Bonchev–Trinajstić information content (AvgIpc) is 2.72. The molecule has 0 bridgehead atoms. The monoisotopic (exact) mass is 393 g/mol. The standard InChI is InChI=1S/C19H27N3O4S/c23-18(14-27-17-6-4-16(5-7-17)22(24)25)20-15-19(8-2-1-3-9-19)21-10-12-26-13-11-21/h4-7H,1-3,8-15H2,(H,20,23). The second-order valence-electron chi connectivity index (χ2n) is 7.20. The molecule has 2 aliphatic rings. The van der Waals surface area contributed by atoms with Crippen molar-refractivity contribution in [1.82, 2.24) is 10.2 Å². The van der Waals surface area contributed by atoms with E-state index in [2.05, 4.69) is 10.2 Å². The van der Waals surface area contributed by atoms with E-state index in [0.29, 0.717) is 12.3 Å². The van der Waals surface area contributed by atoms with Gasteiger partial charge in [0.15, 0.2) is 0 Å². The molecule has 1 N–H and O–H groups in total. The maximum absolute atomic E-state index is 12.4. The first kappa shape index (κ1) is 20.1. The van der Waals surface area contributed by atoms with E-state index in [4.69, 9.17) is 4.74 Å². The van der Waals surface area contributed by atoms with Crippen LogP contribution in [0, 0.1) is 10.1 Å². The molecule has 0 radical (unpaired) electrons. The van der Waals surface area contributed by atoms with Crippen LogP contribution in [0.4, 0.5) is 5.69 Å². The Balaban J connectivity index is 1.50. The summed E-state index contributed by atoms with van der Waals surface area (Å²) in [6.07, 6.45) is 5.96. The van der Waals surface area contributed by atoms with E-state index in [1.807, 2.05) is 0 Å². The van der Waals surface area contributed by atoms with Gasteiger partial charge in [-0.1, -0.05) is 19.3 Å². The van der Waals surface area contributed by atoms with Crippen molar-refractivity contribution < 1.29 is 14.5 Å². The summed E-state index contributed by atoms with van der Waals surface area (Å²) in [5.74, 6) is 0.327. The van der Waals surface area contributed by atoms with Crippen LogP contribution in [0.2, 0.25) is 0 Å². The average molecular weight is 394 g/mol. The molecular weight excluding hydrogens is 366 g/mol. The first-order chi connectivity index (χ1) is 13.1. The molecule has 0 unspecified atom stereocenters. The Morgan fingerprint density at radius 2 is 1.85 bits per heavy atom. The van der Waals surface area contributed by atoms with Crippen molar-refractivity contribution in [2.45, 2.75) is 42.5 Å². The van der Waals surface area contributed by atoms with Gasteiger partial charge in [0.2, 0.25) is 5.91 Å². The second-order valence-corrected chi connectivity index (χ2v) is 8.25. The van der Waals surface area contributed by atoms with Gasteiger partial charge in [-0.25, -0.2) is 0 Å².